The van der Waals surface area contributed by atoms with Crippen LogP contribution in [0.25, 0.3) is 6.08 Å². The Morgan fingerprint density at radius 2 is 1.68 bits per heavy atom. The van der Waals surface area contributed by atoms with Crippen LogP contribution in [0.15, 0.2) is 60.4 Å². The number of benzene rings is 3. The van der Waals surface area contributed by atoms with E-state index < -0.39 is 0 Å². The molecule has 1 fully saturated rings. The van der Waals surface area contributed by atoms with Crippen LogP contribution in [0.2, 0.25) is 0 Å². The molecule has 2 heterocycles. The number of phenolic OH excluding ortho intramolecular Hbond substituents is 1. The van der Waals surface area contributed by atoms with Crippen molar-refractivity contribution < 1.29 is 24.1 Å². The number of hydrogen-bond donors (Lipinski definition) is 1. The normalized spacial score (nSPS) is 16.6. The summed E-state index contributed by atoms with van der Waals surface area (Å²) in [5, 5.41) is 10.8. The van der Waals surface area contributed by atoms with Crippen LogP contribution in [0.1, 0.15) is 34.0 Å². The Bertz CT molecular complexity index is 1310. The van der Waals surface area contributed by atoms with Gasteiger partial charge >= 0.3 is 0 Å². The molecule has 0 aromatic heterocycles. The highest BCUT2D eigenvalue weighted by atomic mass is 16.5. The number of carbonyl (C=O) groups excluding carboxylic acids is 1. The average Bonchev–Trinajstić information content (AvgIpc) is 3.24. The zero-order chi connectivity index (χ0) is 25.9. The lowest BCUT2D eigenvalue weighted by Gasteiger charge is -2.36. The van der Waals surface area contributed by atoms with Gasteiger partial charge in [-0.3, -0.25) is 9.69 Å². The molecule has 0 amide bonds. The van der Waals surface area contributed by atoms with Crippen molar-refractivity contribution in [2.75, 3.05) is 44.8 Å². The molecule has 2 aliphatic rings. The number of ketones is 1. The molecule has 7 heteroatoms. The van der Waals surface area contributed by atoms with Crippen molar-refractivity contribution in [1.82, 2.24) is 4.90 Å². The van der Waals surface area contributed by atoms with Gasteiger partial charge in [-0.2, -0.15) is 0 Å². The van der Waals surface area contributed by atoms with Gasteiger partial charge in [0, 0.05) is 38.4 Å². The van der Waals surface area contributed by atoms with Crippen molar-refractivity contribution in [1.29, 1.82) is 0 Å². The lowest BCUT2D eigenvalue weighted by Crippen LogP contribution is -2.46. The van der Waals surface area contributed by atoms with Crippen LogP contribution < -0.4 is 19.1 Å². The topological polar surface area (TPSA) is 71.5 Å². The van der Waals surface area contributed by atoms with Crippen LogP contribution in [0.5, 0.6) is 23.0 Å². The first-order valence-electron chi connectivity index (χ1n) is 12.6. The first kappa shape index (κ1) is 24.7. The molecule has 5 rings (SSSR count). The van der Waals surface area contributed by atoms with E-state index in [0.29, 0.717) is 35.6 Å². The molecule has 37 heavy (non-hydrogen) atoms. The Balaban J connectivity index is 1.31. The molecule has 0 atom stereocenters. The molecule has 2 aliphatic heterocycles. The van der Waals surface area contributed by atoms with Gasteiger partial charge in [0.05, 0.1) is 24.8 Å². The van der Waals surface area contributed by atoms with Crippen molar-refractivity contribution in [2.45, 2.75) is 20.4 Å². The number of anilines is 1. The summed E-state index contributed by atoms with van der Waals surface area (Å²) in [4.78, 5) is 17.9. The van der Waals surface area contributed by atoms with E-state index >= 15 is 0 Å². The number of aryl methyl sites for hydroxylation is 1. The minimum absolute atomic E-state index is 0.156. The Labute approximate surface area is 217 Å². The van der Waals surface area contributed by atoms with Gasteiger partial charge in [-0.05, 0) is 73.5 Å². The third-order valence-electron chi connectivity index (χ3n) is 6.90. The molecule has 3 aromatic carbocycles. The van der Waals surface area contributed by atoms with E-state index in [4.69, 9.17) is 14.2 Å². The third-order valence-corrected chi connectivity index (χ3v) is 6.90. The summed E-state index contributed by atoms with van der Waals surface area (Å²) < 4.78 is 16.9. The lowest BCUT2D eigenvalue weighted by atomic mass is 9.99. The van der Waals surface area contributed by atoms with Gasteiger partial charge in [0.25, 0.3) is 0 Å². The highest BCUT2D eigenvalue weighted by Crippen LogP contribution is 2.42. The number of hydrogen-bond acceptors (Lipinski definition) is 7. The maximum absolute atomic E-state index is 13.3. The van der Waals surface area contributed by atoms with E-state index in [2.05, 4.69) is 21.9 Å². The molecule has 0 radical (unpaired) electrons. The number of piperazine rings is 1. The van der Waals surface area contributed by atoms with E-state index in [1.165, 1.54) is 0 Å². The summed E-state index contributed by atoms with van der Waals surface area (Å²) in [6.45, 7) is 8.26. The number of Topliss-reactive ketones (excluding diaryl/α,β-unsaturated/α-hetero) is 1. The maximum Gasteiger partial charge on any atom is 0.232 e. The molecule has 0 aliphatic carbocycles. The molecule has 7 nitrogen and oxygen atoms in total. The molecular formula is C30H32N2O5. The first-order valence-corrected chi connectivity index (χ1v) is 12.6. The van der Waals surface area contributed by atoms with Crippen molar-refractivity contribution in [3.63, 3.8) is 0 Å². The number of methoxy groups -OCH3 is 1. The standard InChI is InChI=1S/C30H32N2O5/c1-4-36-24-9-5-21(6-10-24)18-27-29(34)28-20(2)17-26(33)25(30(28)37-27)19-31-13-15-32(16-14-31)22-7-11-23(35-3)12-8-22/h5-12,17-18,33H,4,13-16,19H2,1-3H3/b27-18-. The number of aromatic hydroxyl groups is 1. The van der Waals surface area contributed by atoms with Gasteiger partial charge in [0.2, 0.25) is 5.78 Å². The second-order valence-corrected chi connectivity index (χ2v) is 9.30. The van der Waals surface area contributed by atoms with E-state index in [0.717, 1.165) is 48.9 Å². The first-order chi connectivity index (χ1) is 18.0. The molecule has 1 N–H and O–H groups in total. The van der Waals surface area contributed by atoms with Gasteiger partial charge < -0.3 is 24.2 Å². The third kappa shape index (κ3) is 5.13. The van der Waals surface area contributed by atoms with Gasteiger partial charge in [-0.1, -0.05) is 12.1 Å². The van der Waals surface area contributed by atoms with Crippen LogP contribution in [-0.4, -0.2) is 55.7 Å². The van der Waals surface area contributed by atoms with Gasteiger partial charge in [-0.15, -0.1) is 0 Å². The fourth-order valence-electron chi connectivity index (χ4n) is 4.89. The Morgan fingerprint density at radius 1 is 1.00 bits per heavy atom. The predicted molar refractivity (Wildman–Crippen MR) is 144 cm³/mol. The van der Waals surface area contributed by atoms with Crippen LogP contribution in [0.4, 0.5) is 5.69 Å². The molecule has 0 bridgehead atoms. The number of allylic oxidation sites excluding steroid dienone is 1. The lowest BCUT2D eigenvalue weighted by molar-refractivity contribution is 0.101. The van der Waals surface area contributed by atoms with E-state index in [-0.39, 0.29) is 17.3 Å². The Morgan fingerprint density at radius 3 is 2.32 bits per heavy atom. The van der Waals surface area contributed by atoms with Gasteiger partial charge in [-0.25, -0.2) is 0 Å². The summed E-state index contributed by atoms with van der Waals surface area (Å²) in [5.41, 5.74) is 3.90. The highest BCUT2D eigenvalue weighted by molar-refractivity contribution is 6.15. The monoisotopic (exact) mass is 500 g/mol. The molecule has 1 saturated heterocycles. The maximum atomic E-state index is 13.3. The fraction of sp³-hybridized carbons (Fsp3) is 0.300. The molecule has 192 valence electrons. The molecule has 0 spiro atoms. The Hall–Kier alpha value is -3.97. The van der Waals surface area contributed by atoms with E-state index in [1.807, 2.05) is 50.2 Å². The number of rotatable bonds is 7. The number of phenols is 1. The van der Waals surface area contributed by atoms with Crippen molar-refractivity contribution in [3.8, 4) is 23.0 Å². The minimum Gasteiger partial charge on any atom is -0.507 e. The molecule has 0 saturated carbocycles. The largest absolute Gasteiger partial charge is 0.507 e. The summed E-state index contributed by atoms with van der Waals surface area (Å²) in [5.74, 6) is 2.35. The second-order valence-electron chi connectivity index (χ2n) is 9.30. The van der Waals surface area contributed by atoms with E-state index in [1.54, 1.807) is 19.3 Å². The zero-order valence-electron chi connectivity index (χ0n) is 21.5. The number of carbonyl (C=O) groups is 1. The zero-order valence-corrected chi connectivity index (χ0v) is 21.5. The number of nitrogens with zero attached hydrogens (tertiary/aromatic N) is 2. The summed E-state index contributed by atoms with van der Waals surface area (Å²) in [6.07, 6.45) is 1.74. The second kappa shape index (κ2) is 10.6. The number of ether oxygens (including phenoxy) is 3. The summed E-state index contributed by atoms with van der Waals surface area (Å²) >= 11 is 0. The predicted octanol–water partition coefficient (Wildman–Crippen LogP) is 5.05. The fourth-order valence-corrected chi connectivity index (χ4v) is 4.89. The molecule has 3 aromatic rings. The quantitative estimate of drug-likeness (QED) is 0.456. The van der Waals surface area contributed by atoms with Crippen molar-refractivity contribution in [3.05, 3.63) is 82.6 Å². The van der Waals surface area contributed by atoms with Crippen LogP contribution in [-0.2, 0) is 6.54 Å². The SMILES string of the molecule is CCOc1ccc(/C=C2\Oc3c(CN4CCN(c5ccc(OC)cc5)CC4)c(O)cc(C)c3C2=O)cc1. The minimum atomic E-state index is -0.160. The van der Waals surface area contributed by atoms with E-state index in [9.17, 15) is 9.90 Å². The average molecular weight is 501 g/mol. The van der Waals surface area contributed by atoms with Crippen LogP contribution in [0, 0.1) is 6.92 Å². The summed E-state index contributed by atoms with van der Waals surface area (Å²) in [6, 6.07) is 17.3. The smallest absolute Gasteiger partial charge is 0.232 e. The van der Waals surface area contributed by atoms with Crippen LogP contribution in [0.3, 0.4) is 0 Å². The number of fused-ring (bicyclic) bond motifs is 1. The van der Waals surface area contributed by atoms with Crippen molar-refractivity contribution >= 4 is 17.5 Å². The van der Waals surface area contributed by atoms with Gasteiger partial charge in [0.1, 0.15) is 23.0 Å². The highest BCUT2D eigenvalue weighted by Gasteiger charge is 2.34. The van der Waals surface area contributed by atoms with Gasteiger partial charge in [0.15, 0.2) is 5.76 Å². The molecule has 0 unspecified atom stereocenters. The van der Waals surface area contributed by atoms with Crippen molar-refractivity contribution in [2.24, 2.45) is 0 Å². The van der Waals surface area contributed by atoms with Crippen LogP contribution >= 0.6 is 0 Å². The Kier molecular flexibility index (Phi) is 7.06. The summed E-state index contributed by atoms with van der Waals surface area (Å²) in [7, 11) is 1.67. The molecular weight excluding hydrogens is 468 g/mol.